The zero-order valence-electron chi connectivity index (χ0n) is 12.3. The number of piperidine rings is 1. The summed E-state index contributed by atoms with van der Waals surface area (Å²) in [5.41, 5.74) is 0. The molecule has 2 aliphatic heterocycles. The quantitative estimate of drug-likeness (QED) is 0.848. The highest BCUT2D eigenvalue weighted by Gasteiger charge is 2.33. The lowest BCUT2D eigenvalue weighted by Crippen LogP contribution is -2.45. The van der Waals surface area contributed by atoms with E-state index in [1.165, 1.54) is 4.90 Å². The Labute approximate surface area is 130 Å². The lowest BCUT2D eigenvalue weighted by Gasteiger charge is -2.31. The van der Waals surface area contributed by atoms with E-state index in [0.717, 1.165) is 51.3 Å². The third kappa shape index (κ3) is 3.71. The Morgan fingerprint density at radius 1 is 1.14 bits per heavy atom. The summed E-state index contributed by atoms with van der Waals surface area (Å²) in [5, 5.41) is 3.36. The molecule has 114 valence electrons. The molecule has 0 bridgehead atoms. The van der Waals surface area contributed by atoms with Gasteiger partial charge in [0.05, 0.1) is 0 Å². The maximum Gasteiger partial charge on any atom is 0.320 e. The molecule has 2 fully saturated rings. The third-order valence-electron chi connectivity index (χ3n) is 4.25. The van der Waals surface area contributed by atoms with E-state index in [2.05, 4.69) is 34.5 Å². The lowest BCUT2D eigenvalue weighted by atomic mass is 10.1. The minimum atomic E-state index is 0.246. The number of urea groups is 1. The van der Waals surface area contributed by atoms with E-state index in [1.807, 2.05) is 22.7 Å². The van der Waals surface area contributed by atoms with Gasteiger partial charge in [-0.05, 0) is 38.1 Å². The summed E-state index contributed by atoms with van der Waals surface area (Å²) >= 11 is 1.82. The second kappa shape index (κ2) is 7.18. The van der Waals surface area contributed by atoms with Crippen molar-refractivity contribution < 1.29 is 4.79 Å². The van der Waals surface area contributed by atoms with Crippen LogP contribution in [0.15, 0.2) is 35.2 Å². The molecule has 0 atom stereocenters. The van der Waals surface area contributed by atoms with Crippen molar-refractivity contribution in [3.63, 3.8) is 0 Å². The number of amides is 2. The molecule has 2 saturated heterocycles. The van der Waals surface area contributed by atoms with Crippen LogP contribution in [0.2, 0.25) is 0 Å². The largest absolute Gasteiger partial charge is 0.322 e. The molecule has 1 aromatic carbocycles. The lowest BCUT2D eigenvalue weighted by molar-refractivity contribution is 0.167. The van der Waals surface area contributed by atoms with Crippen molar-refractivity contribution in [3.05, 3.63) is 30.3 Å². The van der Waals surface area contributed by atoms with Gasteiger partial charge in [-0.15, -0.1) is 11.8 Å². The molecule has 1 N–H and O–H groups in total. The van der Waals surface area contributed by atoms with E-state index in [0.29, 0.717) is 6.04 Å². The van der Waals surface area contributed by atoms with E-state index in [4.69, 9.17) is 0 Å². The van der Waals surface area contributed by atoms with Crippen molar-refractivity contribution in [2.24, 2.45) is 0 Å². The Morgan fingerprint density at radius 2 is 1.90 bits per heavy atom. The molecular weight excluding hydrogens is 282 g/mol. The summed E-state index contributed by atoms with van der Waals surface area (Å²) in [6, 6.07) is 11.1. The number of nitrogens with zero attached hydrogens (tertiary/aromatic N) is 2. The average molecular weight is 305 g/mol. The number of benzene rings is 1. The van der Waals surface area contributed by atoms with E-state index in [9.17, 15) is 4.79 Å². The molecule has 5 heteroatoms. The molecule has 2 aliphatic rings. The molecule has 2 amide bonds. The van der Waals surface area contributed by atoms with Crippen LogP contribution < -0.4 is 5.32 Å². The summed E-state index contributed by atoms with van der Waals surface area (Å²) in [6.07, 6.45) is 2.19. The molecule has 0 saturated carbocycles. The van der Waals surface area contributed by atoms with Crippen molar-refractivity contribution in [2.75, 3.05) is 38.5 Å². The molecule has 0 radical (unpaired) electrons. The molecule has 1 aromatic rings. The van der Waals surface area contributed by atoms with Gasteiger partial charge < -0.3 is 15.1 Å². The van der Waals surface area contributed by atoms with E-state index in [1.54, 1.807) is 0 Å². The van der Waals surface area contributed by atoms with E-state index in [-0.39, 0.29) is 6.03 Å². The van der Waals surface area contributed by atoms with Crippen molar-refractivity contribution in [2.45, 2.75) is 23.8 Å². The SMILES string of the molecule is O=C1N(CCSc2ccccc2)CCN1C1CCNCC1. The normalized spacial score (nSPS) is 20.3. The third-order valence-corrected chi connectivity index (χ3v) is 5.24. The van der Waals surface area contributed by atoms with Gasteiger partial charge in [0.2, 0.25) is 0 Å². The Balaban J connectivity index is 1.45. The maximum absolute atomic E-state index is 12.5. The van der Waals surface area contributed by atoms with Gasteiger partial charge in [0.25, 0.3) is 0 Å². The van der Waals surface area contributed by atoms with Gasteiger partial charge in [0.15, 0.2) is 0 Å². The first kappa shape index (κ1) is 14.7. The molecule has 21 heavy (non-hydrogen) atoms. The van der Waals surface area contributed by atoms with Gasteiger partial charge in [0, 0.05) is 36.3 Å². The van der Waals surface area contributed by atoms with Gasteiger partial charge in [0.1, 0.15) is 0 Å². The Kier molecular flexibility index (Phi) is 5.04. The van der Waals surface area contributed by atoms with E-state index < -0.39 is 0 Å². The van der Waals surface area contributed by atoms with Gasteiger partial charge in [-0.25, -0.2) is 4.79 Å². The van der Waals surface area contributed by atoms with Crippen molar-refractivity contribution in [1.29, 1.82) is 0 Å². The average Bonchev–Trinajstić information content (AvgIpc) is 2.90. The number of hydrogen-bond donors (Lipinski definition) is 1. The first-order valence-electron chi connectivity index (χ1n) is 7.79. The van der Waals surface area contributed by atoms with Crippen LogP contribution in [0.25, 0.3) is 0 Å². The van der Waals surface area contributed by atoms with Crippen LogP contribution in [0.4, 0.5) is 4.79 Å². The summed E-state index contributed by atoms with van der Waals surface area (Å²) in [6.45, 7) is 4.72. The fraction of sp³-hybridized carbons (Fsp3) is 0.562. The van der Waals surface area contributed by atoms with Gasteiger partial charge in [-0.2, -0.15) is 0 Å². The van der Waals surface area contributed by atoms with Crippen LogP contribution in [0, 0.1) is 0 Å². The second-order valence-electron chi connectivity index (χ2n) is 5.61. The Bertz CT molecular complexity index is 462. The molecular formula is C16H23N3OS. The molecule has 4 nitrogen and oxygen atoms in total. The summed E-state index contributed by atoms with van der Waals surface area (Å²) in [7, 11) is 0. The van der Waals surface area contributed by atoms with Crippen LogP contribution in [0.1, 0.15) is 12.8 Å². The fourth-order valence-electron chi connectivity index (χ4n) is 3.06. The highest BCUT2D eigenvalue weighted by molar-refractivity contribution is 7.99. The number of carbonyl (C=O) groups is 1. The smallest absolute Gasteiger partial charge is 0.320 e. The second-order valence-corrected chi connectivity index (χ2v) is 6.77. The molecule has 0 unspecified atom stereocenters. The Hall–Kier alpha value is -1.20. The number of nitrogens with one attached hydrogen (secondary N) is 1. The minimum absolute atomic E-state index is 0.246. The predicted molar refractivity (Wildman–Crippen MR) is 86.7 cm³/mol. The van der Waals surface area contributed by atoms with Crippen molar-refractivity contribution in [1.82, 2.24) is 15.1 Å². The highest BCUT2D eigenvalue weighted by Crippen LogP contribution is 2.21. The minimum Gasteiger partial charge on any atom is -0.322 e. The van der Waals surface area contributed by atoms with Crippen LogP contribution in [0.5, 0.6) is 0 Å². The van der Waals surface area contributed by atoms with Gasteiger partial charge in [-0.3, -0.25) is 0 Å². The van der Waals surface area contributed by atoms with Crippen LogP contribution in [0.3, 0.4) is 0 Å². The van der Waals surface area contributed by atoms with Gasteiger partial charge in [-0.1, -0.05) is 18.2 Å². The van der Waals surface area contributed by atoms with Crippen molar-refractivity contribution in [3.8, 4) is 0 Å². The zero-order valence-corrected chi connectivity index (χ0v) is 13.1. The Morgan fingerprint density at radius 3 is 2.67 bits per heavy atom. The standard InChI is InChI=1S/C16H23N3OS/c20-16-18(12-13-21-15-4-2-1-3-5-15)10-11-19(16)14-6-8-17-9-7-14/h1-5,14,17H,6-13H2. The topological polar surface area (TPSA) is 35.6 Å². The summed E-state index contributed by atoms with van der Waals surface area (Å²) in [5.74, 6) is 0.968. The van der Waals surface area contributed by atoms with Crippen LogP contribution in [-0.2, 0) is 0 Å². The maximum atomic E-state index is 12.5. The first-order chi connectivity index (χ1) is 10.3. The fourth-order valence-corrected chi connectivity index (χ4v) is 3.95. The molecule has 2 heterocycles. The predicted octanol–water partition coefficient (Wildman–Crippen LogP) is 2.27. The summed E-state index contributed by atoms with van der Waals surface area (Å²) in [4.78, 5) is 17.8. The molecule has 0 aliphatic carbocycles. The number of thioether (sulfide) groups is 1. The number of hydrogen-bond acceptors (Lipinski definition) is 3. The van der Waals surface area contributed by atoms with E-state index >= 15 is 0 Å². The number of rotatable bonds is 5. The van der Waals surface area contributed by atoms with Crippen LogP contribution >= 0.6 is 11.8 Å². The molecule has 0 aromatic heterocycles. The highest BCUT2D eigenvalue weighted by atomic mass is 32.2. The molecule has 3 rings (SSSR count). The van der Waals surface area contributed by atoms with Crippen molar-refractivity contribution >= 4 is 17.8 Å². The number of carbonyl (C=O) groups excluding carboxylic acids is 1. The monoisotopic (exact) mass is 305 g/mol. The zero-order chi connectivity index (χ0) is 14.5. The molecule has 0 spiro atoms. The first-order valence-corrected chi connectivity index (χ1v) is 8.77. The van der Waals surface area contributed by atoms with Gasteiger partial charge >= 0.3 is 6.03 Å². The summed E-state index contributed by atoms with van der Waals surface area (Å²) < 4.78 is 0. The van der Waals surface area contributed by atoms with Crippen LogP contribution in [-0.4, -0.2) is 60.3 Å².